The largest absolute Gasteiger partial charge is 0.365 e. The Bertz CT molecular complexity index is 1120. The number of nitrogens with zero attached hydrogens (tertiary/aromatic N) is 4. The van der Waals surface area contributed by atoms with E-state index in [4.69, 9.17) is 11.6 Å². The van der Waals surface area contributed by atoms with Crippen molar-refractivity contribution in [3.63, 3.8) is 0 Å². The predicted molar refractivity (Wildman–Crippen MR) is 123 cm³/mol. The SMILES string of the molecule is C=CCCNC(=O)N1CCCC[C@@H]1CNc1nc(-c2c[nH]c3ncc(Cl)cc23)ncc1F. The summed E-state index contributed by atoms with van der Waals surface area (Å²) in [5.74, 6) is -0.105. The number of aromatic amines is 1. The van der Waals surface area contributed by atoms with Crippen LogP contribution < -0.4 is 10.6 Å². The number of carbonyl (C=O) groups excluding carboxylic acids is 1. The Morgan fingerprint density at radius 1 is 1.38 bits per heavy atom. The maximum Gasteiger partial charge on any atom is 0.317 e. The van der Waals surface area contributed by atoms with Gasteiger partial charge >= 0.3 is 6.03 Å². The maximum absolute atomic E-state index is 14.5. The molecule has 1 fully saturated rings. The molecule has 0 bridgehead atoms. The molecule has 4 rings (SSSR count). The van der Waals surface area contributed by atoms with Gasteiger partial charge in [0.25, 0.3) is 0 Å². The Hall–Kier alpha value is -3.20. The van der Waals surface area contributed by atoms with Gasteiger partial charge in [-0.15, -0.1) is 6.58 Å². The van der Waals surface area contributed by atoms with Crippen molar-refractivity contribution < 1.29 is 9.18 Å². The molecular formula is C22H25ClFN7O. The Kier molecular flexibility index (Phi) is 6.84. The fourth-order valence-corrected chi connectivity index (χ4v) is 4.02. The predicted octanol–water partition coefficient (Wildman–Crippen LogP) is 4.36. The molecule has 0 aliphatic carbocycles. The summed E-state index contributed by atoms with van der Waals surface area (Å²) < 4.78 is 14.5. The fraction of sp³-hybridized carbons (Fsp3) is 0.364. The highest BCUT2D eigenvalue weighted by Crippen LogP contribution is 2.28. The first-order chi connectivity index (χ1) is 15.6. The minimum absolute atomic E-state index is 0.0543. The van der Waals surface area contributed by atoms with E-state index in [1.807, 2.05) is 4.90 Å². The molecule has 2 amide bonds. The second-order valence-electron chi connectivity index (χ2n) is 7.68. The van der Waals surface area contributed by atoms with Gasteiger partial charge < -0.3 is 20.5 Å². The zero-order chi connectivity index (χ0) is 22.5. The molecule has 0 unspecified atom stereocenters. The quantitative estimate of drug-likeness (QED) is 0.361. The molecule has 0 aromatic carbocycles. The highest BCUT2D eigenvalue weighted by molar-refractivity contribution is 6.31. The number of halogens is 2. The summed E-state index contributed by atoms with van der Waals surface area (Å²) >= 11 is 6.07. The minimum atomic E-state index is -0.553. The van der Waals surface area contributed by atoms with Gasteiger partial charge in [-0.3, -0.25) is 0 Å². The number of nitrogens with one attached hydrogen (secondary N) is 3. The Balaban J connectivity index is 1.49. The van der Waals surface area contributed by atoms with Gasteiger partial charge in [0.05, 0.1) is 17.3 Å². The van der Waals surface area contributed by atoms with E-state index in [1.54, 1.807) is 24.5 Å². The first-order valence-corrected chi connectivity index (χ1v) is 11.0. The number of carbonyl (C=O) groups is 1. The first-order valence-electron chi connectivity index (χ1n) is 10.6. The molecule has 1 aliphatic rings. The number of amides is 2. The van der Waals surface area contributed by atoms with Crippen LogP contribution in [0.25, 0.3) is 22.4 Å². The third kappa shape index (κ3) is 4.83. The number of pyridine rings is 1. The molecule has 3 N–H and O–H groups in total. The van der Waals surface area contributed by atoms with Crippen LogP contribution in [0.2, 0.25) is 5.02 Å². The fourth-order valence-electron chi connectivity index (χ4n) is 3.86. The first kappa shape index (κ1) is 22.0. The van der Waals surface area contributed by atoms with Crippen molar-refractivity contribution in [2.45, 2.75) is 31.7 Å². The lowest BCUT2D eigenvalue weighted by Crippen LogP contribution is -2.51. The lowest BCUT2D eigenvalue weighted by molar-refractivity contribution is 0.155. The molecular weight excluding hydrogens is 433 g/mol. The molecule has 1 aliphatic heterocycles. The van der Waals surface area contributed by atoms with E-state index < -0.39 is 5.82 Å². The Morgan fingerprint density at radius 3 is 3.09 bits per heavy atom. The highest BCUT2D eigenvalue weighted by Gasteiger charge is 2.26. The maximum atomic E-state index is 14.5. The number of hydrogen-bond donors (Lipinski definition) is 3. The van der Waals surface area contributed by atoms with E-state index in [0.717, 1.165) is 30.8 Å². The van der Waals surface area contributed by atoms with Gasteiger partial charge in [0.2, 0.25) is 0 Å². The van der Waals surface area contributed by atoms with Crippen molar-refractivity contribution in [1.29, 1.82) is 0 Å². The van der Waals surface area contributed by atoms with Gasteiger partial charge in [-0.1, -0.05) is 17.7 Å². The van der Waals surface area contributed by atoms with Crippen molar-refractivity contribution in [2.75, 3.05) is 25.0 Å². The van der Waals surface area contributed by atoms with Crippen LogP contribution in [0.4, 0.5) is 15.0 Å². The van der Waals surface area contributed by atoms with E-state index in [0.29, 0.717) is 48.1 Å². The summed E-state index contributed by atoms with van der Waals surface area (Å²) in [5, 5.41) is 7.23. The standard InChI is InChI=1S/C22H25ClFN7O/c1-2-3-7-25-22(32)31-8-5-4-6-15(31)11-27-21-18(24)13-29-20(30-21)17-12-28-19-16(17)9-14(23)10-26-19/h2,9-10,12-13,15H,1,3-8,11H2,(H,25,32)(H,26,28)(H,27,29,30)/t15-/m1/s1. The minimum Gasteiger partial charge on any atom is -0.365 e. The summed E-state index contributed by atoms with van der Waals surface area (Å²) in [4.78, 5) is 30.2. The summed E-state index contributed by atoms with van der Waals surface area (Å²) in [6.07, 6.45) is 9.70. The Morgan fingerprint density at radius 2 is 2.25 bits per heavy atom. The van der Waals surface area contributed by atoms with Crippen molar-refractivity contribution in [3.8, 4) is 11.4 Å². The number of H-pyrrole nitrogens is 1. The van der Waals surface area contributed by atoms with E-state index in [1.165, 1.54) is 0 Å². The van der Waals surface area contributed by atoms with Gasteiger partial charge in [-0.05, 0) is 31.7 Å². The molecule has 1 atom stereocenters. The smallest absolute Gasteiger partial charge is 0.317 e. The number of hydrogen-bond acceptors (Lipinski definition) is 5. The monoisotopic (exact) mass is 457 g/mol. The van der Waals surface area contributed by atoms with Crippen LogP contribution in [-0.2, 0) is 0 Å². The molecule has 168 valence electrons. The highest BCUT2D eigenvalue weighted by atomic mass is 35.5. The molecule has 3 aromatic heterocycles. The number of piperidine rings is 1. The summed E-state index contributed by atoms with van der Waals surface area (Å²) in [7, 11) is 0. The zero-order valence-electron chi connectivity index (χ0n) is 17.6. The van der Waals surface area contributed by atoms with Gasteiger partial charge in [0.15, 0.2) is 17.5 Å². The topological polar surface area (TPSA) is 98.8 Å². The lowest BCUT2D eigenvalue weighted by Gasteiger charge is -2.36. The van der Waals surface area contributed by atoms with Gasteiger partial charge in [0, 0.05) is 43.0 Å². The van der Waals surface area contributed by atoms with Gasteiger partial charge in [0.1, 0.15) is 5.65 Å². The normalized spacial score (nSPS) is 16.2. The van der Waals surface area contributed by atoms with Crippen LogP contribution in [-0.4, -0.2) is 56.5 Å². The molecule has 8 nitrogen and oxygen atoms in total. The number of likely N-dealkylation sites (tertiary alicyclic amines) is 1. The van der Waals surface area contributed by atoms with E-state index in [-0.39, 0.29) is 17.9 Å². The molecule has 10 heteroatoms. The molecule has 0 spiro atoms. The van der Waals surface area contributed by atoms with Crippen molar-refractivity contribution in [3.05, 3.63) is 48.2 Å². The average molecular weight is 458 g/mol. The van der Waals surface area contributed by atoms with Crippen molar-refractivity contribution in [1.82, 2.24) is 30.2 Å². The van der Waals surface area contributed by atoms with E-state index >= 15 is 0 Å². The number of urea groups is 1. The van der Waals surface area contributed by atoms with Crippen molar-refractivity contribution in [2.24, 2.45) is 0 Å². The zero-order valence-corrected chi connectivity index (χ0v) is 18.3. The van der Waals surface area contributed by atoms with Crippen LogP contribution in [0.5, 0.6) is 0 Å². The van der Waals surface area contributed by atoms with Crippen LogP contribution >= 0.6 is 11.6 Å². The van der Waals surface area contributed by atoms with E-state index in [2.05, 4.69) is 37.1 Å². The van der Waals surface area contributed by atoms with Crippen LogP contribution in [0.15, 0.2) is 37.3 Å². The molecule has 3 aromatic rings. The molecule has 1 saturated heterocycles. The van der Waals surface area contributed by atoms with Crippen molar-refractivity contribution >= 4 is 34.5 Å². The number of fused-ring (bicyclic) bond motifs is 1. The third-order valence-electron chi connectivity index (χ3n) is 5.50. The van der Waals surface area contributed by atoms with Crippen LogP contribution in [0, 0.1) is 5.82 Å². The second-order valence-corrected chi connectivity index (χ2v) is 8.11. The van der Waals surface area contributed by atoms with Gasteiger partial charge in [-0.25, -0.2) is 24.1 Å². The van der Waals surface area contributed by atoms with E-state index in [9.17, 15) is 9.18 Å². The molecule has 32 heavy (non-hydrogen) atoms. The molecule has 4 heterocycles. The van der Waals surface area contributed by atoms with Crippen LogP contribution in [0.1, 0.15) is 25.7 Å². The summed E-state index contributed by atoms with van der Waals surface area (Å²) in [6.45, 7) is 5.28. The Labute approximate surface area is 190 Å². The number of rotatable bonds is 7. The number of aromatic nitrogens is 4. The second kappa shape index (κ2) is 9.95. The number of anilines is 1. The summed E-state index contributed by atoms with van der Waals surface area (Å²) in [5.41, 5.74) is 1.33. The molecule has 0 saturated carbocycles. The third-order valence-corrected chi connectivity index (χ3v) is 5.71. The van der Waals surface area contributed by atoms with Gasteiger partial charge in [-0.2, -0.15) is 0 Å². The average Bonchev–Trinajstić information content (AvgIpc) is 3.22. The van der Waals surface area contributed by atoms with Crippen LogP contribution in [0.3, 0.4) is 0 Å². The molecule has 0 radical (unpaired) electrons. The lowest BCUT2D eigenvalue weighted by atomic mass is 10.0. The summed E-state index contributed by atoms with van der Waals surface area (Å²) in [6, 6.07) is 1.60.